The fraction of sp³-hybridized carbons (Fsp3) is 0.500. The third-order valence-electron chi connectivity index (χ3n) is 7.69. The first-order chi connectivity index (χ1) is 17.3. The van der Waals surface area contributed by atoms with Gasteiger partial charge in [-0.1, -0.05) is 25.1 Å². The number of hydrogen-bond acceptors (Lipinski definition) is 5. The van der Waals surface area contributed by atoms with Crippen molar-refractivity contribution in [2.75, 3.05) is 19.7 Å². The number of aliphatic hydroxyl groups is 1. The number of aromatic nitrogens is 3. The molecule has 1 aliphatic heterocycles. The normalized spacial score (nSPS) is 19.1. The van der Waals surface area contributed by atoms with Crippen LogP contribution in [-0.2, 0) is 6.54 Å². The minimum Gasteiger partial charge on any atom is -0.435 e. The smallest absolute Gasteiger partial charge is 0.387 e. The number of aliphatic hydroxyl groups excluding tert-OH is 1. The zero-order valence-corrected chi connectivity index (χ0v) is 20.9. The molecule has 1 aromatic heterocycles. The maximum absolute atomic E-state index is 12.4. The number of halogens is 2. The van der Waals surface area contributed by atoms with Crippen LogP contribution in [-0.4, -0.2) is 51.3 Å². The monoisotopic (exact) mass is 496 g/mol. The summed E-state index contributed by atoms with van der Waals surface area (Å²) in [6, 6.07) is 13.0. The maximum Gasteiger partial charge on any atom is 0.387 e. The van der Waals surface area contributed by atoms with Gasteiger partial charge in [0, 0.05) is 25.3 Å². The van der Waals surface area contributed by atoms with Crippen molar-refractivity contribution in [1.29, 1.82) is 0 Å². The summed E-state index contributed by atoms with van der Waals surface area (Å²) < 4.78 is 31.0. The van der Waals surface area contributed by atoms with E-state index in [9.17, 15) is 13.9 Å². The van der Waals surface area contributed by atoms with Crippen molar-refractivity contribution in [2.24, 2.45) is 11.3 Å². The number of hydrogen-bond donors (Lipinski definition) is 1. The molecule has 2 heterocycles. The van der Waals surface area contributed by atoms with Crippen LogP contribution in [0.4, 0.5) is 8.78 Å². The Morgan fingerprint density at radius 2 is 1.89 bits per heavy atom. The van der Waals surface area contributed by atoms with E-state index in [0.29, 0.717) is 17.5 Å². The van der Waals surface area contributed by atoms with Crippen LogP contribution in [0.3, 0.4) is 0 Å². The first kappa shape index (κ1) is 24.8. The molecule has 2 aromatic carbocycles. The third-order valence-corrected chi connectivity index (χ3v) is 7.69. The lowest BCUT2D eigenvalue weighted by Gasteiger charge is -2.41. The number of piperidine rings is 1. The van der Waals surface area contributed by atoms with Crippen molar-refractivity contribution in [3.05, 3.63) is 59.8 Å². The predicted octanol–water partition coefficient (Wildman–Crippen LogP) is 5.64. The lowest BCUT2D eigenvalue weighted by Crippen LogP contribution is -2.42. The first-order valence-electron chi connectivity index (χ1n) is 12.8. The van der Waals surface area contributed by atoms with E-state index >= 15 is 0 Å². The van der Waals surface area contributed by atoms with Gasteiger partial charge in [-0.05, 0) is 97.0 Å². The number of ether oxygens (including phenoxy) is 1. The highest BCUT2D eigenvalue weighted by Gasteiger charge is 2.33. The minimum absolute atomic E-state index is 0.0527. The number of nitrogens with zero attached hydrogens (tertiary/aromatic N) is 4. The Balaban J connectivity index is 1.32. The molecule has 0 radical (unpaired) electrons. The summed E-state index contributed by atoms with van der Waals surface area (Å²) in [7, 11) is 0. The second-order valence-electron chi connectivity index (χ2n) is 10.8. The van der Waals surface area contributed by atoms with Gasteiger partial charge in [-0.25, -0.2) is 4.68 Å². The molecule has 2 fully saturated rings. The highest BCUT2D eigenvalue weighted by Crippen LogP contribution is 2.43. The summed E-state index contributed by atoms with van der Waals surface area (Å²) in [4.78, 5) is 2.54. The molecule has 192 valence electrons. The summed E-state index contributed by atoms with van der Waals surface area (Å²) in [5, 5.41) is 18.5. The molecule has 5 rings (SSSR count). The molecule has 1 N–H and O–H groups in total. The van der Waals surface area contributed by atoms with Crippen LogP contribution in [0.15, 0.2) is 48.7 Å². The third kappa shape index (κ3) is 5.60. The van der Waals surface area contributed by atoms with Gasteiger partial charge < -0.3 is 9.84 Å². The SMILES string of the molecule is CC(C)(CO)[C@H]1CCCN(Cc2ccc(-n3cc(-c4ccc(OC(F)F)cc4)nn3)cc2C2CC2)C1. The largest absolute Gasteiger partial charge is 0.435 e. The molecular weight excluding hydrogens is 462 g/mol. The molecule has 36 heavy (non-hydrogen) atoms. The molecule has 0 spiro atoms. The molecule has 0 bridgehead atoms. The molecule has 0 amide bonds. The molecule has 6 nitrogen and oxygen atoms in total. The zero-order chi connectivity index (χ0) is 25.3. The van der Waals surface area contributed by atoms with Crippen LogP contribution >= 0.6 is 0 Å². The molecule has 1 atom stereocenters. The highest BCUT2D eigenvalue weighted by molar-refractivity contribution is 5.59. The van der Waals surface area contributed by atoms with Crippen molar-refractivity contribution >= 4 is 0 Å². The number of alkyl halides is 2. The molecule has 1 saturated heterocycles. The molecule has 3 aromatic rings. The van der Waals surface area contributed by atoms with Crippen LogP contribution in [0, 0.1) is 11.3 Å². The average Bonchev–Trinajstić information content (AvgIpc) is 3.60. The number of likely N-dealkylation sites (tertiary alicyclic amines) is 1. The maximum atomic E-state index is 12.4. The van der Waals surface area contributed by atoms with Crippen molar-refractivity contribution < 1.29 is 18.6 Å². The van der Waals surface area contributed by atoms with Crippen LogP contribution < -0.4 is 4.74 Å². The average molecular weight is 497 g/mol. The van der Waals surface area contributed by atoms with Gasteiger partial charge in [-0.3, -0.25) is 4.90 Å². The second kappa shape index (κ2) is 10.3. The minimum atomic E-state index is -2.84. The lowest BCUT2D eigenvalue weighted by molar-refractivity contribution is -0.0498. The summed E-state index contributed by atoms with van der Waals surface area (Å²) in [5.41, 5.74) is 5.13. The van der Waals surface area contributed by atoms with E-state index in [1.807, 2.05) is 6.20 Å². The predicted molar refractivity (Wildman–Crippen MR) is 134 cm³/mol. The quantitative estimate of drug-likeness (QED) is 0.415. The first-order valence-corrected chi connectivity index (χ1v) is 12.8. The van der Waals surface area contributed by atoms with Crippen molar-refractivity contribution in [3.8, 4) is 22.7 Å². The molecule has 8 heteroatoms. The Morgan fingerprint density at radius 3 is 2.58 bits per heavy atom. The topological polar surface area (TPSA) is 63.4 Å². The van der Waals surface area contributed by atoms with E-state index in [-0.39, 0.29) is 17.8 Å². The summed E-state index contributed by atoms with van der Waals surface area (Å²) in [6.45, 7) is 4.77. The van der Waals surface area contributed by atoms with E-state index in [0.717, 1.165) is 30.9 Å². The van der Waals surface area contributed by atoms with Gasteiger partial charge in [-0.15, -0.1) is 5.10 Å². The standard InChI is InChI=1S/C28H34F2N4O2/c1-28(2,18-35)22-4-3-13-33(16-22)15-21-7-10-23(14-25(21)19-5-6-19)34-17-26(31-32-34)20-8-11-24(12-9-20)36-27(29)30/h7-12,14,17,19,22,27,35H,3-6,13,15-16,18H2,1-2H3/t22-/m0/s1. The Hall–Kier alpha value is -2.84. The fourth-order valence-electron chi connectivity index (χ4n) is 5.18. The highest BCUT2D eigenvalue weighted by atomic mass is 19.3. The molecular formula is C28H34F2N4O2. The van der Waals surface area contributed by atoms with Gasteiger partial charge in [0.2, 0.25) is 0 Å². The van der Waals surface area contributed by atoms with Crippen LogP contribution in [0.5, 0.6) is 5.75 Å². The van der Waals surface area contributed by atoms with E-state index < -0.39 is 6.61 Å². The van der Waals surface area contributed by atoms with E-state index in [4.69, 9.17) is 0 Å². The van der Waals surface area contributed by atoms with E-state index in [2.05, 4.69) is 52.0 Å². The Kier molecular flexibility index (Phi) is 7.08. The van der Waals surface area contributed by atoms with Crippen molar-refractivity contribution in [2.45, 2.75) is 58.6 Å². The summed E-state index contributed by atoms with van der Waals surface area (Å²) >= 11 is 0. The van der Waals surface area contributed by atoms with Gasteiger partial charge in [0.25, 0.3) is 0 Å². The van der Waals surface area contributed by atoms with Gasteiger partial charge in [0.1, 0.15) is 11.4 Å². The van der Waals surface area contributed by atoms with Crippen molar-refractivity contribution in [1.82, 2.24) is 19.9 Å². The van der Waals surface area contributed by atoms with Gasteiger partial charge in [0.15, 0.2) is 0 Å². The number of benzene rings is 2. The van der Waals surface area contributed by atoms with Gasteiger partial charge in [-0.2, -0.15) is 8.78 Å². The summed E-state index contributed by atoms with van der Waals surface area (Å²) in [5.74, 6) is 1.22. The Labute approximate surface area is 210 Å². The van der Waals surface area contributed by atoms with Crippen molar-refractivity contribution in [3.63, 3.8) is 0 Å². The van der Waals surface area contributed by atoms with Crippen LogP contribution in [0.1, 0.15) is 56.6 Å². The molecule has 1 aliphatic carbocycles. The van der Waals surface area contributed by atoms with E-state index in [1.54, 1.807) is 16.8 Å². The Bertz CT molecular complexity index is 1170. The van der Waals surface area contributed by atoms with Crippen LogP contribution in [0.25, 0.3) is 16.9 Å². The molecule has 1 saturated carbocycles. The molecule has 0 unspecified atom stereocenters. The van der Waals surface area contributed by atoms with Crippen LogP contribution in [0.2, 0.25) is 0 Å². The number of rotatable bonds is 9. The summed E-state index contributed by atoms with van der Waals surface area (Å²) in [6.07, 6.45) is 6.64. The Morgan fingerprint density at radius 1 is 1.11 bits per heavy atom. The zero-order valence-electron chi connectivity index (χ0n) is 20.9. The second-order valence-corrected chi connectivity index (χ2v) is 10.8. The van der Waals surface area contributed by atoms with E-state index in [1.165, 1.54) is 48.9 Å². The lowest BCUT2D eigenvalue weighted by atomic mass is 9.75. The fourth-order valence-corrected chi connectivity index (χ4v) is 5.18. The van der Waals surface area contributed by atoms with Gasteiger partial charge >= 0.3 is 6.61 Å². The van der Waals surface area contributed by atoms with Gasteiger partial charge in [0.05, 0.1) is 11.9 Å². The molecule has 2 aliphatic rings.